The topological polar surface area (TPSA) is 51.2 Å². The van der Waals surface area contributed by atoms with Crippen LogP contribution < -0.4 is 0 Å². The van der Waals surface area contributed by atoms with Crippen LogP contribution in [0.1, 0.15) is 6.42 Å². The molecule has 3 rings (SSSR count). The second-order valence-corrected chi connectivity index (χ2v) is 6.64. The van der Waals surface area contributed by atoms with Gasteiger partial charge >= 0.3 is 0 Å². The Hall–Kier alpha value is -1.42. The molecule has 0 aromatic heterocycles. The van der Waals surface area contributed by atoms with E-state index < -0.39 is 15.1 Å². The Morgan fingerprint density at radius 2 is 1.76 bits per heavy atom. The van der Waals surface area contributed by atoms with Crippen molar-refractivity contribution in [1.82, 2.24) is 0 Å². The van der Waals surface area contributed by atoms with Crippen molar-refractivity contribution in [2.24, 2.45) is 11.8 Å². The van der Waals surface area contributed by atoms with Crippen LogP contribution in [0.5, 0.6) is 0 Å². The van der Waals surface area contributed by atoms with Gasteiger partial charge in [-0.25, -0.2) is 8.42 Å². The van der Waals surface area contributed by atoms with E-state index in [1.807, 2.05) is 12.2 Å². The van der Waals surface area contributed by atoms with Gasteiger partial charge in [0.25, 0.3) is 0 Å². The number of hydrogen-bond acceptors (Lipinski definition) is 3. The Labute approximate surface area is 100 Å². The maximum atomic E-state index is 12.4. The van der Waals surface area contributed by atoms with Crippen LogP contribution in [0.2, 0.25) is 0 Å². The molecule has 88 valence electrons. The van der Waals surface area contributed by atoms with E-state index in [4.69, 9.17) is 0 Å². The van der Waals surface area contributed by atoms with Gasteiger partial charge in [-0.2, -0.15) is 0 Å². The van der Waals surface area contributed by atoms with Gasteiger partial charge in [0.15, 0.2) is 15.6 Å². The van der Waals surface area contributed by atoms with Crippen molar-refractivity contribution in [2.75, 3.05) is 0 Å². The summed E-state index contributed by atoms with van der Waals surface area (Å²) in [6.07, 6.45) is 4.37. The standard InChI is InChI=1S/C13H12O3S/c14-12-9-6-7-10(8-9)13(12)17(15,16)11-4-2-1-3-5-11/h1-7,9-10,13H,8H2/t9-,10+,13+/m1/s1. The van der Waals surface area contributed by atoms with E-state index in [0.29, 0.717) is 6.42 Å². The largest absolute Gasteiger partial charge is 0.298 e. The molecule has 1 aromatic rings. The lowest BCUT2D eigenvalue weighted by atomic mass is 10.1. The smallest absolute Gasteiger partial charge is 0.188 e. The first-order valence-electron chi connectivity index (χ1n) is 5.62. The molecule has 1 saturated carbocycles. The van der Waals surface area contributed by atoms with Crippen LogP contribution in [-0.4, -0.2) is 19.5 Å². The molecule has 0 saturated heterocycles. The minimum Gasteiger partial charge on any atom is -0.298 e. The molecule has 2 aliphatic carbocycles. The summed E-state index contributed by atoms with van der Waals surface area (Å²) >= 11 is 0. The zero-order chi connectivity index (χ0) is 12.0. The number of rotatable bonds is 2. The second-order valence-electron chi connectivity index (χ2n) is 4.57. The molecule has 0 unspecified atom stereocenters. The highest BCUT2D eigenvalue weighted by atomic mass is 32.2. The van der Waals surface area contributed by atoms with E-state index in [0.717, 1.165) is 0 Å². The van der Waals surface area contributed by atoms with E-state index in [1.165, 1.54) is 0 Å². The zero-order valence-corrected chi connectivity index (χ0v) is 9.93. The summed E-state index contributed by atoms with van der Waals surface area (Å²) in [4.78, 5) is 12.2. The Morgan fingerprint density at radius 3 is 2.35 bits per heavy atom. The third kappa shape index (κ3) is 1.47. The lowest BCUT2D eigenvalue weighted by Crippen LogP contribution is -2.33. The first-order valence-corrected chi connectivity index (χ1v) is 7.16. The molecule has 1 fully saturated rings. The molecular weight excluding hydrogens is 236 g/mol. The summed E-state index contributed by atoms with van der Waals surface area (Å²) in [5, 5.41) is -0.861. The van der Waals surface area contributed by atoms with Crippen molar-refractivity contribution in [3.05, 3.63) is 42.5 Å². The maximum Gasteiger partial charge on any atom is 0.188 e. The molecule has 4 heteroatoms. The fraction of sp³-hybridized carbons (Fsp3) is 0.308. The molecule has 0 amide bonds. The van der Waals surface area contributed by atoms with Gasteiger partial charge in [0.2, 0.25) is 0 Å². The third-order valence-corrected chi connectivity index (χ3v) is 5.74. The Kier molecular flexibility index (Phi) is 2.23. The minimum absolute atomic E-state index is 0.127. The fourth-order valence-electron chi connectivity index (χ4n) is 2.72. The SMILES string of the molecule is O=C1[C@@H]2C=C[C@@H](C2)[C@@H]1S(=O)(=O)c1ccccc1. The number of allylic oxidation sites excluding steroid dienone is 2. The number of carbonyl (C=O) groups is 1. The third-order valence-electron chi connectivity index (χ3n) is 3.56. The normalized spacial score (nSPS) is 31.1. The molecule has 2 aliphatic rings. The lowest BCUT2D eigenvalue weighted by molar-refractivity contribution is -0.119. The average molecular weight is 248 g/mol. The molecule has 1 aromatic carbocycles. The van der Waals surface area contributed by atoms with Crippen molar-refractivity contribution in [2.45, 2.75) is 16.6 Å². The van der Waals surface area contributed by atoms with Crippen molar-refractivity contribution in [3.8, 4) is 0 Å². The van der Waals surface area contributed by atoms with Gasteiger partial charge in [-0.05, 0) is 18.6 Å². The molecule has 3 atom stereocenters. The summed E-state index contributed by atoms with van der Waals surface area (Å²) in [6.45, 7) is 0. The lowest BCUT2D eigenvalue weighted by Gasteiger charge is -2.17. The van der Waals surface area contributed by atoms with E-state index in [2.05, 4.69) is 0 Å². The Morgan fingerprint density at radius 1 is 1.06 bits per heavy atom. The molecule has 0 spiro atoms. The Bertz CT molecular complexity index is 586. The first kappa shape index (κ1) is 10.7. The van der Waals surface area contributed by atoms with Gasteiger partial charge in [0.05, 0.1) is 4.90 Å². The molecule has 0 aliphatic heterocycles. The number of ketones is 1. The molecular formula is C13H12O3S. The summed E-state index contributed by atoms with van der Waals surface area (Å²) in [5.74, 6) is -0.442. The molecule has 0 radical (unpaired) electrons. The molecule has 0 heterocycles. The van der Waals surface area contributed by atoms with Crippen molar-refractivity contribution >= 4 is 15.6 Å². The van der Waals surface area contributed by atoms with Crippen LogP contribution in [0, 0.1) is 11.8 Å². The van der Waals surface area contributed by atoms with Gasteiger partial charge in [-0.1, -0.05) is 30.4 Å². The minimum atomic E-state index is -3.52. The van der Waals surface area contributed by atoms with E-state index in [-0.39, 0.29) is 22.5 Å². The number of hydrogen-bond donors (Lipinski definition) is 0. The van der Waals surface area contributed by atoms with Crippen LogP contribution in [0.4, 0.5) is 0 Å². The second kappa shape index (κ2) is 3.53. The van der Waals surface area contributed by atoms with Crippen molar-refractivity contribution < 1.29 is 13.2 Å². The van der Waals surface area contributed by atoms with Gasteiger partial charge in [-0.3, -0.25) is 4.79 Å². The predicted molar refractivity (Wildman–Crippen MR) is 63.2 cm³/mol. The van der Waals surface area contributed by atoms with Crippen LogP contribution in [0.3, 0.4) is 0 Å². The quantitative estimate of drug-likeness (QED) is 0.747. The number of fused-ring (bicyclic) bond motifs is 2. The van der Waals surface area contributed by atoms with Crippen LogP contribution in [-0.2, 0) is 14.6 Å². The van der Waals surface area contributed by atoms with E-state index >= 15 is 0 Å². The fourth-order valence-corrected chi connectivity index (χ4v) is 4.70. The Balaban J connectivity index is 2.06. The highest BCUT2D eigenvalue weighted by Crippen LogP contribution is 2.41. The number of benzene rings is 1. The monoisotopic (exact) mass is 248 g/mol. The van der Waals surface area contributed by atoms with Gasteiger partial charge in [0.1, 0.15) is 5.25 Å². The summed E-state index contributed by atoms with van der Waals surface area (Å²) in [5.41, 5.74) is 0. The first-order chi connectivity index (χ1) is 8.10. The van der Waals surface area contributed by atoms with Gasteiger partial charge in [0, 0.05) is 11.8 Å². The molecule has 0 N–H and O–H groups in total. The molecule has 3 nitrogen and oxygen atoms in total. The van der Waals surface area contributed by atoms with E-state index in [9.17, 15) is 13.2 Å². The highest BCUT2D eigenvalue weighted by molar-refractivity contribution is 7.92. The number of sulfone groups is 1. The van der Waals surface area contributed by atoms with Crippen molar-refractivity contribution in [1.29, 1.82) is 0 Å². The van der Waals surface area contributed by atoms with Crippen LogP contribution in [0.15, 0.2) is 47.4 Å². The van der Waals surface area contributed by atoms with Gasteiger partial charge in [-0.15, -0.1) is 0 Å². The molecule has 2 bridgehead atoms. The zero-order valence-electron chi connectivity index (χ0n) is 9.11. The van der Waals surface area contributed by atoms with Crippen LogP contribution in [0.25, 0.3) is 0 Å². The summed E-state index contributed by atoms with van der Waals surface area (Å²) in [6, 6.07) is 8.24. The van der Waals surface area contributed by atoms with Gasteiger partial charge < -0.3 is 0 Å². The van der Waals surface area contributed by atoms with E-state index in [1.54, 1.807) is 30.3 Å². The highest BCUT2D eigenvalue weighted by Gasteiger charge is 2.50. The van der Waals surface area contributed by atoms with Crippen molar-refractivity contribution in [3.63, 3.8) is 0 Å². The predicted octanol–water partition coefficient (Wildman–Crippen LogP) is 1.60. The summed E-state index contributed by atoms with van der Waals surface area (Å²) < 4.78 is 24.8. The maximum absolute atomic E-state index is 12.4. The number of carbonyl (C=O) groups excluding carboxylic acids is 1. The number of Topliss-reactive ketones (excluding diaryl/α,β-unsaturated/α-hetero) is 1. The van der Waals surface area contributed by atoms with Crippen LogP contribution >= 0.6 is 0 Å². The average Bonchev–Trinajstić information content (AvgIpc) is 2.90. The summed E-state index contributed by atoms with van der Waals surface area (Å²) in [7, 11) is -3.52. The molecule has 17 heavy (non-hydrogen) atoms.